The Morgan fingerprint density at radius 3 is 2.62 bits per heavy atom. The van der Waals surface area contributed by atoms with Gasteiger partial charge in [0.25, 0.3) is 0 Å². The lowest BCUT2D eigenvalue weighted by atomic mass is 9.83. The minimum absolute atomic E-state index is 0.310. The molecule has 2 N–H and O–H groups in total. The van der Waals surface area contributed by atoms with Crippen LogP contribution in [-0.2, 0) is 6.42 Å². The molecule has 0 aromatic carbocycles. The van der Waals surface area contributed by atoms with E-state index in [-0.39, 0.29) is 0 Å². The highest BCUT2D eigenvalue weighted by Crippen LogP contribution is 2.40. The summed E-state index contributed by atoms with van der Waals surface area (Å²) in [5, 5.41) is 10.9. The second kappa shape index (κ2) is 9.04. The van der Waals surface area contributed by atoms with Gasteiger partial charge in [-0.05, 0) is 31.1 Å². The lowest BCUT2D eigenvalue weighted by Gasteiger charge is -2.28. The maximum Gasteiger partial charge on any atom is 0.226 e. The van der Waals surface area contributed by atoms with Crippen LogP contribution in [0.5, 0.6) is 0 Å². The van der Waals surface area contributed by atoms with Gasteiger partial charge in [-0.25, -0.2) is 0 Å². The summed E-state index contributed by atoms with van der Waals surface area (Å²) in [6, 6.07) is 0. The molecule has 24 heavy (non-hydrogen) atoms. The number of nitrogens with one attached hydrogen (secondary N) is 2. The molecule has 0 radical (unpaired) electrons. The van der Waals surface area contributed by atoms with E-state index in [1.807, 2.05) is 7.05 Å². The van der Waals surface area contributed by atoms with Crippen LogP contribution >= 0.6 is 0 Å². The van der Waals surface area contributed by atoms with E-state index in [0.29, 0.717) is 11.3 Å². The molecule has 1 saturated carbocycles. The highest BCUT2D eigenvalue weighted by molar-refractivity contribution is 5.79. The van der Waals surface area contributed by atoms with Gasteiger partial charge in [-0.3, -0.25) is 4.99 Å². The molecule has 0 aliphatic heterocycles. The summed E-state index contributed by atoms with van der Waals surface area (Å²) in [6.07, 6.45) is 8.38. The zero-order valence-corrected chi connectivity index (χ0v) is 15.7. The van der Waals surface area contributed by atoms with Crippen LogP contribution in [-0.4, -0.2) is 36.2 Å². The Balaban J connectivity index is 1.68. The summed E-state index contributed by atoms with van der Waals surface area (Å²) < 4.78 is 5.27. The molecule has 2 rings (SSSR count). The zero-order chi connectivity index (χ0) is 17.4. The van der Waals surface area contributed by atoms with Crippen molar-refractivity contribution in [1.82, 2.24) is 20.8 Å². The predicted molar refractivity (Wildman–Crippen MR) is 97.3 cm³/mol. The Bertz CT molecular complexity index is 517. The maximum absolute atomic E-state index is 5.27. The van der Waals surface area contributed by atoms with Gasteiger partial charge in [-0.2, -0.15) is 4.98 Å². The summed E-state index contributed by atoms with van der Waals surface area (Å²) in [7, 11) is 1.83. The van der Waals surface area contributed by atoms with Crippen molar-refractivity contribution in [1.29, 1.82) is 0 Å². The fraction of sp³-hybridized carbons (Fsp3) is 0.833. The van der Waals surface area contributed by atoms with E-state index in [1.165, 1.54) is 32.1 Å². The molecule has 1 aliphatic carbocycles. The minimum atomic E-state index is 0.310. The van der Waals surface area contributed by atoms with Gasteiger partial charge < -0.3 is 15.2 Å². The Kier molecular flexibility index (Phi) is 7.06. The molecule has 1 fully saturated rings. The minimum Gasteiger partial charge on any atom is -0.356 e. The molecular weight excluding hydrogens is 302 g/mol. The number of hydrogen-bond acceptors (Lipinski definition) is 4. The molecule has 6 heteroatoms. The molecule has 0 amide bonds. The second-order valence-corrected chi connectivity index (χ2v) is 7.22. The number of guanidine groups is 1. The van der Waals surface area contributed by atoms with Gasteiger partial charge in [0, 0.05) is 32.5 Å². The van der Waals surface area contributed by atoms with Gasteiger partial charge in [0.1, 0.15) is 0 Å². The molecule has 1 aromatic heterocycles. The highest BCUT2D eigenvalue weighted by Gasteiger charge is 2.31. The van der Waals surface area contributed by atoms with Crippen LogP contribution in [0.3, 0.4) is 0 Å². The van der Waals surface area contributed by atoms with Gasteiger partial charge in [0.05, 0.1) is 0 Å². The summed E-state index contributed by atoms with van der Waals surface area (Å²) in [6.45, 7) is 8.31. The summed E-state index contributed by atoms with van der Waals surface area (Å²) in [5.41, 5.74) is 0.467. The number of rotatable bonds is 8. The summed E-state index contributed by atoms with van der Waals surface area (Å²) >= 11 is 0. The number of aryl methyl sites for hydroxylation is 1. The molecule has 0 spiro atoms. The lowest BCUT2D eigenvalue weighted by molar-refractivity contribution is 0.283. The monoisotopic (exact) mass is 335 g/mol. The molecule has 0 unspecified atom stereocenters. The fourth-order valence-electron chi connectivity index (χ4n) is 3.32. The Hall–Kier alpha value is -1.59. The van der Waals surface area contributed by atoms with Crippen LogP contribution in [0.4, 0.5) is 0 Å². The Morgan fingerprint density at radius 1 is 1.29 bits per heavy atom. The first-order valence-corrected chi connectivity index (χ1v) is 9.35. The summed E-state index contributed by atoms with van der Waals surface area (Å²) in [4.78, 5) is 8.73. The maximum atomic E-state index is 5.27. The molecule has 0 saturated heterocycles. The van der Waals surface area contributed by atoms with Crippen LogP contribution < -0.4 is 10.6 Å². The average molecular weight is 335 g/mol. The van der Waals surface area contributed by atoms with Crippen molar-refractivity contribution >= 4 is 5.96 Å². The molecular formula is C18H33N5O. The largest absolute Gasteiger partial charge is 0.356 e. The molecule has 1 heterocycles. The van der Waals surface area contributed by atoms with Gasteiger partial charge in [0.15, 0.2) is 11.8 Å². The predicted octanol–water partition coefficient (Wildman–Crippen LogP) is 3.26. The van der Waals surface area contributed by atoms with Gasteiger partial charge in [-0.1, -0.05) is 38.8 Å². The second-order valence-electron chi connectivity index (χ2n) is 7.22. The lowest BCUT2D eigenvalue weighted by Crippen LogP contribution is -2.43. The van der Waals surface area contributed by atoms with E-state index in [1.54, 1.807) is 0 Å². The van der Waals surface area contributed by atoms with Crippen molar-refractivity contribution in [2.24, 2.45) is 10.4 Å². The SMILES string of the molecule is CCC1(CNC(=NC)NCCCc2nc(C(C)C)no2)CCCC1. The van der Waals surface area contributed by atoms with Crippen molar-refractivity contribution in [2.75, 3.05) is 20.1 Å². The Morgan fingerprint density at radius 2 is 2.04 bits per heavy atom. The van der Waals surface area contributed by atoms with E-state index in [9.17, 15) is 0 Å². The smallest absolute Gasteiger partial charge is 0.226 e. The van der Waals surface area contributed by atoms with Crippen LogP contribution in [0.15, 0.2) is 9.52 Å². The Labute approximate surface area is 145 Å². The number of aromatic nitrogens is 2. The fourth-order valence-corrected chi connectivity index (χ4v) is 3.32. The zero-order valence-electron chi connectivity index (χ0n) is 15.7. The van der Waals surface area contributed by atoms with Crippen molar-refractivity contribution in [3.63, 3.8) is 0 Å². The van der Waals surface area contributed by atoms with E-state index in [4.69, 9.17) is 4.52 Å². The standard InChI is InChI=1S/C18H33N5O/c1-5-18(10-6-7-11-18)13-21-17(19-4)20-12-8-9-15-22-16(14(2)3)23-24-15/h14H,5-13H2,1-4H3,(H2,19,20,21). The number of aliphatic imine (C=N–C) groups is 1. The van der Waals surface area contributed by atoms with Gasteiger partial charge >= 0.3 is 0 Å². The molecule has 0 atom stereocenters. The van der Waals surface area contributed by atoms with Crippen molar-refractivity contribution in [2.45, 2.75) is 71.6 Å². The first-order chi connectivity index (χ1) is 11.6. The molecule has 0 bridgehead atoms. The van der Waals surface area contributed by atoms with Crippen LogP contribution in [0, 0.1) is 5.41 Å². The first kappa shape index (κ1) is 18.7. The van der Waals surface area contributed by atoms with E-state index in [0.717, 1.165) is 43.6 Å². The molecule has 6 nitrogen and oxygen atoms in total. The third-order valence-electron chi connectivity index (χ3n) is 5.13. The number of nitrogens with zero attached hydrogens (tertiary/aromatic N) is 3. The first-order valence-electron chi connectivity index (χ1n) is 9.35. The van der Waals surface area contributed by atoms with Crippen molar-refractivity contribution in [3.8, 4) is 0 Å². The number of hydrogen-bond donors (Lipinski definition) is 2. The van der Waals surface area contributed by atoms with Crippen LogP contribution in [0.25, 0.3) is 0 Å². The van der Waals surface area contributed by atoms with E-state index in [2.05, 4.69) is 46.5 Å². The topological polar surface area (TPSA) is 75.3 Å². The van der Waals surface area contributed by atoms with Crippen molar-refractivity contribution in [3.05, 3.63) is 11.7 Å². The molecule has 1 aromatic rings. The highest BCUT2D eigenvalue weighted by atomic mass is 16.5. The third kappa shape index (κ3) is 5.21. The van der Waals surface area contributed by atoms with Crippen molar-refractivity contribution < 1.29 is 4.52 Å². The van der Waals surface area contributed by atoms with Gasteiger partial charge in [0.2, 0.25) is 5.89 Å². The van der Waals surface area contributed by atoms with Crippen LogP contribution in [0.2, 0.25) is 0 Å². The molecule has 136 valence electrons. The van der Waals surface area contributed by atoms with E-state index >= 15 is 0 Å². The quantitative estimate of drug-likeness (QED) is 0.433. The van der Waals surface area contributed by atoms with Gasteiger partial charge in [-0.15, -0.1) is 0 Å². The van der Waals surface area contributed by atoms with Crippen LogP contribution in [0.1, 0.15) is 76.9 Å². The normalized spacial score (nSPS) is 17.5. The molecule has 1 aliphatic rings. The summed E-state index contributed by atoms with van der Waals surface area (Å²) in [5.74, 6) is 2.71. The van der Waals surface area contributed by atoms with E-state index < -0.39 is 0 Å². The average Bonchev–Trinajstić information content (AvgIpc) is 3.24. The third-order valence-corrected chi connectivity index (χ3v) is 5.13.